The third kappa shape index (κ3) is 3.57. The number of nitriles is 1. The molecule has 1 aliphatic heterocycles. The smallest absolute Gasteiger partial charge is 0.317 e. The molecule has 2 atom stereocenters. The summed E-state index contributed by atoms with van der Waals surface area (Å²) in [5.74, 6) is 1.00. The van der Waals surface area contributed by atoms with Crippen LogP contribution in [0.5, 0.6) is 0 Å². The number of nitrogens with one attached hydrogen (secondary N) is 1. The zero-order valence-electron chi connectivity index (χ0n) is 12.9. The van der Waals surface area contributed by atoms with Crippen molar-refractivity contribution in [2.24, 2.45) is 5.92 Å². The van der Waals surface area contributed by atoms with Gasteiger partial charge < -0.3 is 15.1 Å². The number of anilines is 1. The predicted molar refractivity (Wildman–Crippen MR) is 83.8 cm³/mol. The van der Waals surface area contributed by atoms with Crippen LogP contribution in [0.25, 0.3) is 0 Å². The van der Waals surface area contributed by atoms with Crippen LogP contribution in [0, 0.1) is 17.2 Å². The Morgan fingerprint density at radius 3 is 2.91 bits per heavy atom. The van der Waals surface area contributed by atoms with E-state index in [-0.39, 0.29) is 22.9 Å². The van der Waals surface area contributed by atoms with Gasteiger partial charge in [0.25, 0.3) is 0 Å². The Kier molecular flexibility index (Phi) is 5.03. The number of hydrogen-bond acceptors (Lipinski definition) is 5. The number of carbonyl (C=O) groups is 1. The number of piperidine rings is 1. The molecule has 2 rings (SSSR count). The predicted octanol–water partition coefficient (Wildman–Crippen LogP) is 1.49. The lowest BCUT2D eigenvalue weighted by Crippen LogP contribution is -2.54. The van der Waals surface area contributed by atoms with E-state index in [4.69, 9.17) is 16.9 Å². The van der Waals surface area contributed by atoms with Gasteiger partial charge in [0.2, 0.25) is 0 Å². The number of urea groups is 1. The second-order valence-corrected chi connectivity index (χ2v) is 6.00. The molecular formula is C14H19ClN6O. The molecule has 1 saturated heterocycles. The van der Waals surface area contributed by atoms with Gasteiger partial charge in [-0.05, 0) is 12.3 Å². The normalized spacial score (nSPS) is 21.1. The Morgan fingerprint density at radius 1 is 1.59 bits per heavy atom. The van der Waals surface area contributed by atoms with Crippen LogP contribution in [0.4, 0.5) is 10.6 Å². The van der Waals surface area contributed by atoms with Gasteiger partial charge in [-0.3, -0.25) is 0 Å². The zero-order chi connectivity index (χ0) is 16.3. The van der Waals surface area contributed by atoms with Crippen LogP contribution in [-0.2, 0) is 0 Å². The topological polar surface area (TPSA) is 85.1 Å². The molecule has 2 amide bonds. The molecule has 2 heterocycles. The van der Waals surface area contributed by atoms with E-state index in [9.17, 15) is 4.79 Å². The highest BCUT2D eigenvalue weighted by Crippen LogP contribution is 2.23. The van der Waals surface area contributed by atoms with Crippen molar-refractivity contribution in [1.29, 1.82) is 5.26 Å². The van der Waals surface area contributed by atoms with Crippen LogP contribution in [0.1, 0.15) is 19.0 Å². The van der Waals surface area contributed by atoms with Crippen LogP contribution in [0.2, 0.25) is 5.15 Å². The summed E-state index contributed by atoms with van der Waals surface area (Å²) in [7, 11) is 3.43. The van der Waals surface area contributed by atoms with Gasteiger partial charge in [0.15, 0.2) is 10.8 Å². The quantitative estimate of drug-likeness (QED) is 0.891. The third-order valence-corrected chi connectivity index (χ3v) is 4.08. The number of hydrogen-bond donors (Lipinski definition) is 1. The highest BCUT2D eigenvalue weighted by Gasteiger charge is 2.29. The fourth-order valence-electron chi connectivity index (χ4n) is 2.34. The van der Waals surface area contributed by atoms with Crippen LogP contribution in [-0.4, -0.2) is 54.1 Å². The Morgan fingerprint density at radius 2 is 2.32 bits per heavy atom. The molecule has 8 heteroatoms. The highest BCUT2D eigenvalue weighted by molar-refractivity contribution is 6.30. The molecule has 0 unspecified atom stereocenters. The van der Waals surface area contributed by atoms with Crippen LogP contribution >= 0.6 is 11.6 Å². The van der Waals surface area contributed by atoms with Gasteiger partial charge in [0.05, 0.1) is 12.2 Å². The second kappa shape index (κ2) is 6.79. The van der Waals surface area contributed by atoms with E-state index < -0.39 is 0 Å². The Bertz CT molecular complexity index is 599. The number of halogens is 1. The Hall–Kier alpha value is -2.07. The summed E-state index contributed by atoms with van der Waals surface area (Å²) < 4.78 is 0. The lowest BCUT2D eigenvalue weighted by molar-refractivity contribution is 0.205. The number of carbonyl (C=O) groups excluding carboxylic acids is 1. The first-order valence-electron chi connectivity index (χ1n) is 7.07. The summed E-state index contributed by atoms with van der Waals surface area (Å²) in [4.78, 5) is 23.6. The first kappa shape index (κ1) is 16.3. The summed E-state index contributed by atoms with van der Waals surface area (Å²) in [6, 6.07) is 1.81. The first-order valence-corrected chi connectivity index (χ1v) is 7.45. The number of rotatable bonds is 2. The van der Waals surface area contributed by atoms with E-state index in [1.54, 1.807) is 20.3 Å². The molecule has 1 N–H and O–H groups in total. The van der Waals surface area contributed by atoms with Crippen molar-refractivity contribution < 1.29 is 4.79 Å². The summed E-state index contributed by atoms with van der Waals surface area (Å²) >= 11 is 5.94. The summed E-state index contributed by atoms with van der Waals surface area (Å²) in [5, 5.41) is 12.0. The molecule has 22 heavy (non-hydrogen) atoms. The third-order valence-electron chi connectivity index (χ3n) is 3.82. The minimum atomic E-state index is -0.109. The maximum Gasteiger partial charge on any atom is 0.317 e. The summed E-state index contributed by atoms with van der Waals surface area (Å²) in [6.45, 7) is 3.57. The van der Waals surface area contributed by atoms with Crippen molar-refractivity contribution in [3.63, 3.8) is 0 Å². The molecule has 7 nitrogen and oxygen atoms in total. The fourth-order valence-corrected chi connectivity index (χ4v) is 2.52. The fraction of sp³-hybridized carbons (Fsp3) is 0.571. The van der Waals surface area contributed by atoms with Gasteiger partial charge in [0.1, 0.15) is 11.9 Å². The van der Waals surface area contributed by atoms with Crippen LogP contribution in [0.3, 0.4) is 0 Å². The molecule has 0 radical (unpaired) electrons. The molecule has 0 aliphatic carbocycles. The van der Waals surface area contributed by atoms with Gasteiger partial charge in [-0.1, -0.05) is 18.5 Å². The Balaban J connectivity index is 2.11. The number of aromatic nitrogens is 2. The second-order valence-electron chi connectivity index (χ2n) is 5.64. The molecule has 0 bridgehead atoms. The minimum absolute atomic E-state index is 0.0277. The van der Waals surface area contributed by atoms with Gasteiger partial charge in [0, 0.05) is 27.2 Å². The number of amides is 2. The van der Waals surface area contributed by atoms with E-state index in [1.807, 2.05) is 11.0 Å². The molecule has 1 fully saturated rings. The van der Waals surface area contributed by atoms with Gasteiger partial charge in [-0.25, -0.2) is 14.8 Å². The van der Waals surface area contributed by atoms with E-state index in [1.165, 1.54) is 4.90 Å². The van der Waals surface area contributed by atoms with Crippen molar-refractivity contribution in [3.05, 3.63) is 17.0 Å². The van der Waals surface area contributed by atoms with E-state index >= 15 is 0 Å². The standard InChI is InChI=1S/C14H19ClN6O/c1-9-4-5-21(8-11(9)18-14(22)20(2)3)12-7-17-10(6-16)13(15)19-12/h7,9,11H,4-5,8H2,1-3H3,(H,18,22)/t9-,11+/m1/s1. The van der Waals surface area contributed by atoms with Crippen molar-refractivity contribution >= 4 is 23.4 Å². The van der Waals surface area contributed by atoms with Gasteiger partial charge >= 0.3 is 6.03 Å². The summed E-state index contributed by atoms with van der Waals surface area (Å²) in [6.07, 6.45) is 2.48. The molecule has 0 spiro atoms. The first-order chi connectivity index (χ1) is 10.4. The molecular weight excluding hydrogens is 304 g/mol. The maximum atomic E-state index is 11.8. The molecule has 0 saturated carbocycles. The van der Waals surface area contributed by atoms with Gasteiger partial charge in [-0.2, -0.15) is 5.26 Å². The van der Waals surface area contributed by atoms with E-state index in [2.05, 4.69) is 22.2 Å². The summed E-state index contributed by atoms with van der Waals surface area (Å²) in [5.41, 5.74) is 0.119. The molecule has 1 aliphatic rings. The number of nitrogens with zero attached hydrogens (tertiary/aromatic N) is 5. The molecule has 1 aromatic heterocycles. The van der Waals surface area contributed by atoms with E-state index in [0.717, 1.165) is 13.0 Å². The zero-order valence-corrected chi connectivity index (χ0v) is 13.6. The van der Waals surface area contributed by atoms with Crippen molar-refractivity contribution in [2.45, 2.75) is 19.4 Å². The average Bonchev–Trinajstić information content (AvgIpc) is 2.49. The van der Waals surface area contributed by atoms with Gasteiger partial charge in [-0.15, -0.1) is 0 Å². The molecule has 118 valence electrons. The van der Waals surface area contributed by atoms with Crippen molar-refractivity contribution in [2.75, 3.05) is 32.1 Å². The lowest BCUT2D eigenvalue weighted by atomic mass is 9.93. The monoisotopic (exact) mass is 322 g/mol. The lowest BCUT2D eigenvalue weighted by Gasteiger charge is -2.38. The Labute approximate surface area is 134 Å². The molecule has 1 aromatic rings. The van der Waals surface area contributed by atoms with Crippen LogP contribution in [0.15, 0.2) is 6.20 Å². The van der Waals surface area contributed by atoms with Crippen LogP contribution < -0.4 is 10.2 Å². The van der Waals surface area contributed by atoms with Crippen molar-refractivity contribution in [3.8, 4) is 6.07 Å². The highest BCUT2D eigenvalue weighted by atomic mass is 35.5. The maximum absolute atomic E-state index is 11.8. The average molecular weight is 323 g/mol. The van der Waals surface area contributed by atoms with Crippen molar-refractivity contribution in [1.82, 2.24) is 20.2 Å². The minimum Gasteiger partial charge on any atom is -0.353 e. The molecule has 0 aromatic carbocycles. The largest absolute Gasteiger partial charge is 0.353 e. The SMILES string of the molecule is C[C@@H]1CCN(c2cnc(C#N)c(Cl)n2)C[C@@H]1NC(=O)N(C)C. The van der Waals surface area contributed by atoms with E-state index in [0.29, 0.717) is 18.3 Å².